The molecule has 0 aromatic heterocycles. The average molecular weight is 422 g/mol. The second-order valence-corrected chi connectivity index (χ2v) is 8.17. The number of benzene rings is 1. The maximum Gasteiger partial charge on any atom is 0.191 e. The summed E-state index contributed by atoms with van der Waals surface area (Å²) in [5.41, 5.74) is 1.14. The van der Waals surface area contributed by atoms with Gasteiger partial charge in [-0.3, -0.25) is 9.89 Å². The molecular weight excluding hydrogens is 378 g/mol. The SMILES string of the molecule is CCNC(=NCC(c1ccc(OC)c(OC)c1)N(C)C)NCCN(C(C)C)C(C)C. The van der Waals surface area contributed by atoms with Crippen LogP contribution in [-0.4, -0.2) is 82.3 Å². The molecule has 7 heteroatoms. The van der Waals surface area contributed by atoms with E-state index in [1.54, 1.807) is 14.2 Å². The van der Waals surface area contributed by atoms with Crippen molar-refractivity contribution in [1.82, 2.24) is 20.4 Å². The van der Waals surface area contributed by atoms with Crippen molar-refractivity contribution >= 4 is 5.96 Å². The van der Waals surface area contributed by atoms with E-state index in [1.807, 2.05) is 12.1 Å². The zero-order chi connectivity index (χ0) is 22.7. The topological polar surface area (TPSA) is 61.4 Å². The Morgan fingerprint density at radius 1 is 1.00 bits per heavy atom. The van der Waals surface area contributed by atoms with Crippen LogP contribution in [0.1, 0.15) is 46.2 Å². The van der Waals surface area contributed by atoms with Gasteiger partial charge in [-0.15, -0.1) is 0 Å². The van der Waals surface area contributed by atoms with Crippen LogP contribution in [0.15, 0.2) is 23.2 Å². The quantitative estimate of drug-likeness (QED) is 0.400. The molecule has 0 fully saturated rings. The highest BCUT2D eigenvalue weighted by atomic mass is 16.5. The lowest BCUT2D eigenvalue weighted by Gasteiger charge is -2.30. The van der Waals surface area contributed by atoms with Gasteiger partial charge in [0.25, 0.3) is 0 Å². The Bertz CT molecular complexity index is 638. The molecule has 1 atom stereocenters. The lowest BCUT2D eigenvalue weighted by atomic mass is 10.1. The van der Waals surface area contributed by atoms with Crippen molar-refractivity contribution in [2.75, 3.05) is 54.5 Å². The molecule has 0 spiro atoms. The molecular formula is C23H43N5O2. The van der Waals surface area contributed by atoms with Crippen molar-refractivity contribution in [3.05, 3.63) is 23.8 Å². The van der Waals surface area contributed by atoms with Crippen molar-refractivity contribution in [1.29, 1.82) is 0 Å². The molecule has 0 aliphatic carbocycles. The number of ether oxygens (including phenoxy) is 2. The molecule has 30 heavy (non-hydrogen) atoms. The van der Waals surface area contributed by atoms with Gasteiger partial charge in [0, 0.05) is 31.7 Å². The Labute approximate surface area is 183 Å². The number of methoxy groups -OCH3 is 2. The van der Waals surface area contributed by atoms with Crippen LogP contribution in [0.3, 0.4) is 0 Å². The molecule has 0 saturated carbocycles. The fourth-order valence-corrected chi connectivity index (χ4v) is 3.56. The molecule has 0 radical (unpaired) electrons. The number of rotatable bonds is 12. The molecule has 7 nitrogen and oxygen atoms in total. The molecule has 0 heterocycles. The van der Waals surface area contributed by atoms with Gasteiger partial charge in [0.1, 0.15) is 0 Å². The van der Waals surface area contributed by atoms with Gasteiger partial charge in [-0.1, -0.05) is 6.07 Å². The Balaban J connectivity index is 2.89. The summed E-state index contributed by atoms with van der Waals surface area (Å²) < 4.78 is 10.8. The molecule has 0 aliphatic rings. The molecule has 1 rings (SSSR count). The smallest absolute Gasteiger partial charge is 0.191 e. The maximum absolute atomic E-state index is 5.48. The number of likely N-dealkylation sites (N-methyl/N-ethyl adjacent to an activating group) is 1. The van der Waals surface area contributed by atoms with Crippen molar-refractivity contribution in [2.45, 2.75) is 52.7 Å². The lowest BCUT2D eigenvalue weighted by Crippen LogP contribution is -2.45. The molecule has 0 aliphatic heterocycles. The molecule has 1 aromatic rings. The fourth-order valence-electron chi connectivity index (χ4n) is 3.56. The number of nitrogens with one attached hydrogen (secondary N) is 2. The Morgan fingerprint density at radius 2 is 1.63 bits per heavy atom. The number of aliphatic imine (C=N–C) groups is 1. The van der Waals surface area contributed by atoms with Gasteiger partial charge in [-0.05, 0) is 66.4 Å². The van der Waals surface area contributed by atoms with Crippen LogP contribution in [0.4, 0.5) is 0 Å². The van der Waals surface area contributed by atoms with Gasteiger partial charge in [0.2, 0.25) is 0 Å². The Kier molecular flexibility index (Phi) is 11.6. The third-order valence-corrected chi connectivity index (χ3v) is 5.17. The first-order chi connectivity index (χ1) is 14.2. The summed E-state index contributed by atoms with van der Waals surface area (Å²) in [6.07, 6.45) is 0. The predicted octanol–water partition coefficient (Wildman–Crippen LogP) is 2.98. The van der Waals surface area contributed by atoms with Crippen molar-refractivity contribution in [2.24, 2.45) is 4.99 Å². The van der Waals surface area contributed by atoms with Gasteiger partial charge in [-0.25, -0.2) is 0 Å². The summed E-state index contributed by atoms with van der Waals surface area (Å²) in [4.78, 5) is 9.51. The summed E-state index contributed by atoms with van der Waals surface area (Å²) in [6, 6.07) is 7.23. The summed E-state index contributed by atoms with van der Waals surface area (Å²) in [6.45, 7) is 14.3. The van der Waals surface area contributed by atoms with E-state index in [9.17, 15) is 0 Å². The van der Waals surface area contributed by atoms with E-state index in [-0.39, 0.29) is 6.04 Å². The predicted molar refractivity (Wildman–Crippen MR) is 127 cm³/mol. The largest absolute Gasteiger partial charge is 0.493 e. The maximum atomic E-state index is 5.48. The molecule has 1 aromatic carbocycles. The molecule has 0 amide bonds. The second kappa shape index (κ2) is 13.3. The van der Waals surface area contributed by atoms with E-state index < -0.39 is 0 Å². The van der Waals surface area contributed by atoms with E-state index in [0.717, 1.165) is 42.7 Å². The van der Waals surface area contributed by atoms with Crippen LogP contribution < -0.4 is 20.1 Å². The van der Waals surface area contributed by atoms with Gasteiger partial charge in [0.15, 0.2) is 17.5 Å². The van der Waals surface area contributed by atoms with E-state index >= 15 is 0 Å². The third-order valence-electron chi connectivity index (χ3n) is 5.17. The zero-order valence-electron chi connectivity index (χ0n) is 20.5. The van der Waals surface area contributed by atoms with Crippen LogP contribution >= 0.6 is 0 Å². The average Bonchev–Trinajstić information content (AvgIpc) is 2.69. The zero-order valence-corrected chi connectivity index (χ0v) is 20.5. The molecule has 1 unspecified atom stereocenters. The van der Waals surface area contributed by atoms with Crippen LogP contribution in [0.5, 0.6) is 11.5 Å². The van der Waals surface area contributed by atoms with Gasteiger partial charge < -0.3 is 25.0 Å². The number of nitrogens with zero attached hydrogens (tertiary/aromatic N) is 3. The van der Waals surface area contributed by atoms with Crippen molar-refractivity contribution < 1.29 is 9.47 Å². The highest BCUT2D eigenvalue weighted by Gasteiger charge is 2.17. The first kappa shape index (κ1) is 26.0. The summed E-state index contributed by atoms with van der Waals surface area (Å²) >= 11 is 0. The third kappa shape index (κ3) is 8.03. The first-order valence-corrected chi connectivity index (χ1v) is 10.9. The molecule has 172 valence electrons. The van der Waals surface area contributed by atoms with Crippen molar-refractivity contribution in [3.8, 4) is 11.5 Å². The van der Waals surface area contributed by atoms with E-state index in [0.29, 0.717) is 18.6 Å². The number of hydrogen-bond donors (Lipinski definition) is 2. The standard InChI is InChI=1S/C23H43N5O2/c1-10-24-23(25-13-14-28(17(2)3)18(4)5)26-16-20(27(6)7)19-11-12-21(29-8)22(15-19)30-9/h11-12,15,17-18,20H,10,13-14,16H2,1-9H3,(H2,24,25,26). The minimum Gasteiger partial charge on any atom is -0.493 e. The fraction of sp³-hybridized carbons (Fsp3) is 0.696. The number of guanidine groups is 1. The number of hydrogen-bond acceptors (Lipinski definition) is 5. The first-order valence-electron chi connectivity index (χ1n) is 10.9. The summed E-state index contributed by atoms with van der Waals surface area (Å²) in [5.74, 6) is 2.31. The van der Waals surface area contributed by atoms with E-state index in [2.05, 4.69) is 75.2 Å². The van der Waals surface area contributed by atoms with E-state index in [1.165, 1.54) is 0 Å². The molecule has 0 saturated heterocycles. The minimum atomic E-state index is 0.128. The minimum absolute atomic E-state index is 0.128. The van der Waals surface area contributed by atoms with Gasteiger partial charge in [-0.2, -0.15) is 0 Å². The lowest BCUT2D eigenvalue weighted by molar-refractivity contribution is 0.178. The van der Waals surface area contributed by atoms with Crippen LogP contribution in [-0.2, 0) is 0 Å². The summed E-state index contributed by atoms with van der Waals surface area (Å²) in [5, 5.41) is 6.84. The normalized spacial score (nSPS) is 13.3. The monoisotopic (exact) mass is 421 g/mol. The van der Waals surface area contributed by atoms with E-state index in [4.69, 9.17) is 14.5 Å². The summed E-state index contributed by atoms with van der Waals surface area (Å²) in [7, 11) is 7.45. The van der Waals surface area contributed by atoms with Crippen LogP contribution in [0.2, 0.25) is 0 Å². The highest BCUT2D eigenvalue weighted by Crippen LogP contribution is 2.31. The van der Waals surface area contributed by atoms with Gasteiger partial charge >= 0.3 is 0 Å². The Morgan fingerprint density at radius 3 is 2.13 bits per heavy atom. The second-order valence-electron chi connectivity index (χ2n) is 8.17. The molecule has 0 bridgehead atoms. The Hall–Kier alpha value is -1.99. The van der Waals surface area contributed by atoms with Crippen molar-refractivity contribution in [3.63, 3.8) is 0 Å². The van der Waals surface area contributed by atoms with Gasteiger partial charge in [0.05, 0.1) is 26.8 Å². The van der Waals surface area contributed by atoms with Crippen LogP contribution in [0, 0.1) is 0 Å². The van der Waals surface area contributed by atoms with Crippen LogP contribution in [0.25, 0.3) is 0 Å². The molecule has 2 N–H and O–H groups in total. The highest BCUT2D eigenvalue weighted by molar-refractivity contribution is 5.79.